The van der Waals surface area contributed by atoms with E-state index in [1.807, 2.05) is 43.3 Å². The normalized spacial score (nSPS) is 10.8. The van der Waals surface area contributed by atoms with Gasteiger partial charge in [0.1, 0.15) is 11.6 Å². The zero-order chi connectivity index (χ0) is 24.1. The van der Waals surface area contributed by atoms with Gasteiger partial charge in [-0.05, 0) is 59.7 Å². The minimum Gasteiger partial charge on any atom is -0.494 e. The Hall–Kier alpha value is -3.79. The first kappa shape index (κ1) is 23.4. The van der Waals surface area contributed by atoms with Gasteiger partial charge in [0.05, 0.1) is 6.61 Å². The summed E-state index contributed by atoms with van der Waals surface area (Å²) >= 11 is 0. The smallest absolute Gasteiger partial charge is 0.166 e. The van der Waals surface area contributed by atoms with Gasteiger partial charge in [0.15, 0.2) is 11.6 Å². The summed E-state index contributed by atoms with van der Waals surface area (Å²) in [5.74, 6) is -1.52. The van der Waals surface area contributed by atoms with Gasteiger partial charge in [-0.1, -0.05) is 73.3 Å². The van der Waals surface area contributed by atoms with Gasteiger partial charge in [-0.3, -0.25) is 0 Å². The lowest BCUT2D eigenvalue weighted by atomic mass is 9.97. The van der Waals surface area contributed by atoms with Crippen LogP contribution < -0.4 is 4.74 Å². The van der Waals surface area contributed by atoms with E-state index >= 15 is 0 Å². The molecule has 0 saturated carbocycles. The number of hydrogen-bond acceptors (Lipinski definition) is 1. The first-order valence-electron chi connectivity index (χ1n) is 11.2. The molecule has 4 rings (SSSR count). The van der Waals surface area contributed by atoms with Gasteiger partial charge in [-0.25, -0.2) is 13.2 Å². The monoisotopic (exact) mass is 458 g/mol. The van der Waals surface area contributed by atoms with Gasteiger partial charge in [0.2, 0.25) is 0 Å². The second kappa shape index (κ2) is 10.4. The molecule has 0 aliphatic heterocycles. The van der Waals surface area contributed by atoms with Crippen LogP contribution in [0.1, 0.15) is 23.6 Å². The Bertz CT molecular complexity index is 1290. The molecular formula is C30H25F3O. The van der Waals surface area contributed by atoms with Gasteiger partial charge in [0.25, 0.3) is 0 Å². The Morgan fingerprint density at radius 2 is 1.38 bits per heavy atom. The first-order valence-corrected chi connectivity index (χ1v) is 11.2. The summed E-state index contributed by atoms with van der Waals surface area (Å²) in [6, 6.07) is 22.6. The van der Waals surface area contributed by atoms with Crippen LogP contribution in [0.4, 0.5) is 13.2 Å². The lowest BCUT2D eigenvalue weighted by molar-refractivity contribution is 0.338. The lowest BCUT2D eigenvalue weighted by Gasteiger charge is -2.10. The van der Waals surface area contributed by atoms with Crippen molar-refractivity contribution in [3.63, 3.8) is 0 Å². The molecule has 0 saturated heterocycles. The van der Waals surface area contributed by atoms with E-state index < -0.39 is 11.6 Å². The van der Waals surface area contributed by atoms with Crippen LogP contribution in [0.25, 0.3) is 28.3 Å². The van der Waals surface area contributed by atoms with Crippen LogP contribution in [0.5, 0.6) is 5.75 Å². The first-order chi connectivity index (χ1) is 16.5. The quantitative estimate of drug-likeness (QED) is 0.258. The predicted octanol–water partition coefficient (Wildman–Crippen LogP) is 8.26. The fourth-order valence-corrected chi connectivity index (χ4v) is 3.92. The van der Waals surface area contributed by atoms with E-state index in [1.165, 1.54) is 6.07 Å². The molecule has 0 aliphatic rings. The van der Waals surface area contributed by atoms with Gasteiger partial charge in [0, 0.05) is 17.2 Å². The number of rotatable bonds is 8. The van der Waals surface area contributed by atoms with E-state index in [0.29, 0.717) is 41.9 Å². The molecule has 172 valence electrons. The number of aryl methyl sites for hydroxylation is 2. The fraction of sp³-hybridized carbons (Fsp3) is 0.133. The van der Waals surface area contributed by atoms with Crippen LogP contribution >= 0.6 is 0 Å². The highest BCUT2D eigenvalue weighted by molar-refractivity contribution is 5.67. The van der Waals surface area contributed by atoms with Gasteiger partial charge < -0.3 is 4.74 Å². The maximum Gasteiger partial charge on any atom is 0.166 e. The molecule has 0 N–H and O–H groups in total. The molecule has 0 aromatic heterocycles. The van der Waals surface area contributed by atoms with Crippen molar-refractivity contribution in [3.05, 3.63) is 120 Å². The van der Waals surface area contributed by atoms with Crippen molar-refractivity contribution in [1.82, 2.24) is 0 Å². The Morgan fingerprint density at radius 3 is 2.03 bits per heavy atom. The Morgan fingerprint density at radius 1 is 0.735 bits per heavy atom. The molecule has 4 aromatic carbocycles. The van der Waals surface area contributed by atoms with Crippen LogP contribution in [-0.2, 0) is 12.8 Å². The number of benzene rings is 4. The second-order valence-electron chi connectivity index (χ2n) is 8.00. The van der Waals surface area contributed by atoms with Crippen molar-refractivity contribution in [3.8, 4) is 28.0 Å². The number of hydrogen-bond donors (Lipinski definition) is 0. The van der Waals surface area contributed by atoms with Crippen LogP contribution in [0.2, 0.25) is 0 Å². The van der Waals surface area contributed by atoms with Crippen LogP contribution in [0, 0.1) is 17.5 Å². The van der Waals surface area contributed by atoms with Crippen LogP contribution in [0.15, 0.2) is 85.4 Å². The van der Waals surface area contributed by atoms with Crippen molar-refractivity contribution in [2.45, 2.75) is 19.8 Å². The summed E-state index contributed by atoms with van der Waals surface area (Å²) in [5, 5.41) is 0. The largest absolute Gasteiger partial charge is 0.494 e. The Labute approximate surface area is 198 Å². The molecule has 0 radical (unpaired) electrons. The van der Waals surface area contributed by atoms with E-state index in [4.69, 9.17) is 4.74 Å². The SMILES string of the molecule is C=Cc1ccc(-c2ccc(CCc3ccc(-c4ccc(OCC)cc4F)cc3)c(F)c2F)cc1. The molecule has 0 unspecified atom stereocenters. The molecule has 0 aliphatic carbocycles. The molecular weight excluding hydrogens is 433 g/mol. The van der Waals surface area contributed by atoms with Crippen molar-refractivity contribution >= 4 is 6.08 Å². The highest BCUT2D eigenvalue weighted by Crippen LogP contribution is 2.29. The summed E-state index contributed by atoms with van der Waals surface area (Å²) in [7, 11) is 0. The standard InChI is InChI=1S/C30H25F3O/c1-3-20-5-10-23(11-6-20)27-17-15-24(29(32)30(27)33)14-9-21-7-12-22(13-8-21)26-18-16-25(34-4-2)19-28(26)31/h3,5-8,10-13,15-19H,1,4,9,14H2,2H3. The minimum absolute atomic E-state index is 0.235. The molecule has 4 heteroatoms. The maximum atomic E-state index is 14.8. The predicted molar refractivity (Wildman–Crippen MR) is 132 cm³/mol. The van der Waals surface area contributed by atoms with Crippen LogP contribution in [-0.4, -0.2) is 6.61 Å². The summed E-state index contributed by atoms with van der Waals surface area (Å²) in [4.78, 5) is 0. The van der Waals surface area contributed by atoms with Crippen LogP contribution in [0.3, 0.4) is 0 Å². The second-order valence-corrected chi connectivity index (χ2v) is 8.00. The van der Waals surface area contributed by atoms with E-state index in [-0.39, 0.29) is 11.4 Å². The number of ether oxygens (including phenoxy) is 1. The van der Waals surface area contributed by atoms with E-state index in [0.717, 1.165) is 16.7 Å². The highest BCUT2D eigenvalue weighted by atomic mass is 19.2. The summed E-state index contributed by atoms with van der Waals surface area (Å²) in [5.41, 5.74) is 4.28. The van der Waals surface area contributed by atoms with E-state index in [1.54, 1.807) is 42.5 Å². The van der Waals surface area contributed by atoms with Gasteiger partial charge >= 0.3 is 0 Å². The summed E-state index contributed by atoms with van der Waals surface area (Å²) in [6.45, 7) is 6.02. The molecule has 0 bridgehead atoms. The molecule has 0 atom stereocenters. The number of halogens is 3. The highest BCUT2D eigenvalue weighted by Gasteiger charge is 2.15. The summed E-state index contributed by atoms with van der Waals surface area (Å²) < 4.78 is 49.3. The third-order valence-corrected chi connectivity index (χ3v) is 5.82. The van der Waals surface area contributed by atoms with Crippen molar-refractivity contribution in [2.75, 3.05) is 6.61 Å². The van der Waals surface area contributed by atoms with Crippen molar-refractivity contribution in [1.29, 1.82) is 0 Å². The van der Waals surface area contributed by atoms with Gasteiger partial charge in [-0.15, -0.1) is 0 Å². The van der Waals surface area contributed by atoms with E-state index in [2.05, 4.69) is 6.58 Å². The fourth-order valence-electron chi connectivity index (χ4n) is 3.92. The molecule has 4 aromatic rings. The van der Waals surface area contributed by atoms with Crippen molar-refractivity contribution in [2.24, 2.45) is 0 Å². The minimum atomic E-state index is -0.842. The van der Waals surface area contributed by atoms with Crippen molar-refractivity contribution < 1.29 is 17.9 Å². The average molecular weight is 459 g/mol. The molecule has 34 heavy (non-hydrogen) atoms. The Kier molecular flexibility index (Phi) is 7.17. The molecule has 1 nitrogen and oxygen atoms in total. The molecule has 0 amide bonds. The third-order valence-electron chi connectivity index (χ3n) is 5.82. The zero-order valence-corrected chi connectivity index (χ0v) is 19.0. The average Bonchev–Trinajstić information content (AvgIpc) is 2.86. The Balaban J connectivity index is 1.46. The maximum absolute atomic E-state index is 14.8. The lowest BCUT2D eigenvalue weighted by Crippen LogP contribution is -2.00. The zero-order valence-electron chi connectivity index (χ0n) is 19.0. The topological polar surface area (TPSA) is 9.23 Å². The van der Waals surface area contributed by atoms with E-state index in [9.17, 15) is 13.2 Å². The van der Waals surface area contributed by atoms with Gasteiger partial charge in [-0.2, -0.15) is 0 Å². The molecule has 0 spiro atoms. The third kappa shape index (κ3) is 5.07. The molecule has 0 fully saturated rings. The summed E-state index contributed by atoms with van der Waals surface area (Å²) in [6.07, 6.45) is 2.59. The molecule has 0 heterocycles.